The van der Waals surface area contributed by atoms with Crippen molar-refractivity contribution in [3.63, 3.8) is 0 Å². The number of hydrazine groups is 1. The Morgan fingerprint density at radius 2 is 1.80 bits per heavy atom. The normalized spacial score (nSPS) is 11.4. The van der Waals surface area contributed by atoms with Gasteiger partial charge >= 0.3 is 0 Å². The number of sulfonamides is 1. The van der Waals surface area contributed by atoms with Crippen LogP contribution in [0.2, 0.25) is 0 Å². The molecule has 0 aliphatic rings. The first-order valence-corrected chi connectivity index (χ1v) is 7.62. The van der Waals surface area contributed by atoms with Crippen molar-refractivity contribution in [2.45, 2.75) is 18.7 Å². The predicted molar refractivity (Wildman–Crippen MR) is 74.4 cm³/mol. The first-order valence-electron chi connectivity index (χ1n) is 6.18. The van der Waals surface area contributed by atoms with Gasteiger partial charge in [-0.2, -0.15) is 4.31 Å². The number of nitrogens with one attached hydrogen (secondary N) is 1. The Labute approximate surface area is 118 Å². The minimum atomic E-state index is -3.48. The van der Waals surface area contributed by atoms with Crippen LogP contribution < -0.4 is 16.0 Å². The molecular formula is C12H19N3O4S. The fourth-order valence-electron chi connectivity index (χ4n) is 1.61. The summed E-state index contributed by atoms with van der Waals surface area (Å²) in [5, 5.41) is 0. The Morgan fingerprint density at radius 1 is 1.25 bits per heavy atom. The molecule has 0 atom stereocenters. The van der Waals surface area contributed by atoms with Gasteiger partial charge in [0.15, 0.2) is 6.61 Å². The van der Waals surface area contributed by atoms with Crippen LogP contribution in [0.3, 0.4) is 0 Å². The lowest BCUT2D eigenvalue weighted by molar-refractivity contribution is -0.123. The number of carbonyl (C=O) groups is 1. The molecule has 20 heavy (non-hydrogen) atoms. The van der Waals surface area contributed by atoms with Crippen molar-refractivity contribution in [2.24, 2.45) is 5.84 Å². The molecule has 0 aliphatic carbocycles. The molecule has 112 valence electrons. The molecule has 0 unspecified atom stereocenters. The highest BCUT2D eigenvalue weighted by molar-refractivity contribution is 7.89. The van der Waals surface area contributed by atoms with Gasteiger partial charge in [0.1, 0.15) is 5.75 Å². The minimum absolute atomic E-state index is 0.192. The number of ether oxygens (including phenoxy) is 1. The summed E-state index contributed by atoms with van der Waals surface area (Å²) >= 11 is 0. The van der Waals surface area contributed by atoms with Gasteiger partial charge in [-0.1, -0.05) is 13.8 Å². The third kappa shape index (κ3) is 3.92. The average Bonchev–Trinajstić information content (AvgIpc) is 2.46. The summed E-state index contributed by atoms with van der Waals surface area (Å²) in [6.45, 7) is 4.16. The second-order valence-electron chi connectivity index (χ2n) is 3.92. The maximum atomic E-state index is 12.2. The van der Waals surface area contributed by atoms with Crippen LogP contribution >= 0.6 is 0 Å². The first-order chi connectivity index (χ1) is 9.45. The molecule has 0 saturated carbocycles. The highest BCUT2D eigenvalue weighted by atomic mass is 32.2. The van der Waals surface area contributed by atoms with E-state index < -0.39 is 15.9 Å². The van der Waals surface area contributed by atoms with Crippen LogP contribution in [0.15, 0.2) is 29.2 Å². The average molecular weight is 301 g/mol. The lowest BCUT2D eigenvalue weighted by atomic mass is 10.3. The van der Waals surface area contributed by atoms with E-state index in [0.717, 1.165) is 0 Å². The van der Waals surface area contributed by atoms with E-state index >= 15 is 0 Å². The quantitative estimate of drug-likeness (QED) is 0.422. The van der Waals surface area contributed by atoms with Gasteiger partial charge in [0.05, 0.1) is 4.90 Å². The SMILES string of the molecule is CCN(CC)S(=O)(=O)c1ccc(OCC(=O)NN)cc1. The summed E-state index contributed by atoms with van der Waals surface area (Å²) < 4.78 is 31.0. The molecule has 8 heteroatoms. The molecule has 0 saturated heterocycles. The Balaban J connectivity index is 2.83. The van der Waals surface area contributed by atoms with Gasteiger partial charge < -0.3 is 4.74 Å². The molecule has 0 radical (unpaired) electrons. The van der Waals surface area contributed by atoms with Crippen LogP contribution in [0.25, 0.3) is 0 Å². The molecule has 3 N–H and O–H groups in total. The van der Waals surface area contributed by atoms with E-state index in [2.05, 4.69) is 0 Å². The van der Waals surface area contributed by atoms with Crippen molar-refractivity contribution in [3.8, 4) is 5.75 Å². The monoisotopic (exact) mass is 301 g/mol. The summed E-state index contributed by atoms with van der Waals surface area (Å²) in [5.74, 6) is 4.84. The smallest absolute Gasteiger partial charge is 0.271 e. The molecule has 0 heterocycles. The highest BCUT2D eigenvalue weighted by Gasteiger charge is 2.21. The van der Waals surface area contributed by atoms with E-state index in [9.17, 15) is 13.2 Å². The van der Waals surface area contributed by atoms with Crippen LogP contribution in [0.4, 0.5) is 0 Å². The summed E-state index contributed by atoms with van der Waals surface area (Å²) in [4.78, 5) is 11.1. The number of carbonyl (C=O) groups excluding carboxylic acids is 1. The lowest BCUT2D eigenvalue weighted by Gasteiger charge is -2.18. The van der Waals surface area contributed by atoms with Gasteiger partial charge in [-0.05, 0) is 24.3 Å². The molecule has 7 nitrogen and oxygen atoms in total. The Hall–Kier alpha value is -1.64. The number of benzene rings is 1. The zero-order chi connectivity index (χ0) is 15.2. The van der Waals surface area contributed by atoms with Crippen LogP contribution in [0.1, 0.15) is 13.8 Å². The second-order valence-corrected chi connectivity index (χ2v) is 5.85. The van der Waals surface area contributed by atoms with Crippen molar-refractivity contribution in [1.29, 1.82) is 0 Å². The largest absolute Gasteiger partial charge is 0.484 e. The lowest BCUT2D eigenvalue weighted by Crippen LogP contribution is -2.34. The predicted octanol–water partition coefficient (Wildman–Crippen LogP) is 0.0858. The topological polar surface area (TPSA) is 102 Å². The number of hydrogen-bond donors (Lipinski definition) is 2. The summed E-state index contributed by atoms with van der Waals surface area (Å²) in [7, 11) is -3.48. The fourth-order valence-corrected chi connectivity index (χ4v) is 3.07. The first kappa shape index (κ1) is 16.4. The Kier molecular flexibility index (Phi) is 5.93. The molecule has 0 spiro atoms. The Morgan fingerprint density at radius 3 is 2.25 bits per heavy atom. The van der Waals surface area contributed by atoms with Crippen LogP contribution in [-0.4, -0.2) is 38.3 Å². The van der Waals surface area contributed by atoms with E-state index in [-0.39, 0.29) is 11.5 Å². The van der Waals surface area contributed by atoms with E-state index in [0.29, 0.717) is 18.8 Å². The highest BCUT2D eigenvalue weighted by Crippen LogP contribution is 2.19. The molecule has 1 amide bonds. The van der Waals surface area contributed by atoms with Gasteiger partial charge in [0.25, 0.3) is 5.91 Å². The third-order valence-electron chi connectivity index (χ3n) is 2.70. The number of hydrogen-bond acceptors (Lipinski definition) is 5. The maximum absolute atomic E-state index is 12.2. The van der Waals surface area contributed by atoms with Crippen molar-refractivity contribution in [2.75, 3.05) is 19.7 Å². The third-order valence-corrected chi connectivity index (χ3v) is 4.76. The van der Waals surface area contributed by atoms with Gasteiger partial charge in [-0.15, -0.1) is 0 Å². The number of nitrogens with zero attached hydrogens (tertiary/aromatic N) is 1. The zero-order valence-corrected chi connectivity index (χ0v) is 12.3. The minimum Gasteiger partial charge on any atom is -0.484 e. The van der Waals surface area contributed by atoms with E-state index in [1.54, 1.807) is 13.8 Å². The number of rotatable bonds is 7. The summed E-state index contributed by atoms with van der Waals surface area (Å²) in [6, 6.07) is 5.90. The standard InChI is InChI=1S/C12H19N3O4S/c1-3-15(4-2)20(17,18)11-7-5-10(6-8-11)19-9-12(16)14-13/h5-8H,3-4,9,13H2,1-2H3,(H,14,16). The van der Waals surface area contributed by atoms with Crippen LogP contribution in [0, 0.1) is 0 Å². The van der Waals surface area contributed by atoms with Gasteiger partial charge in [-0.25, -0.2) is 14.3 Å². The van der Waals surface area contributed by atoms with E-state index in [1.165, 1.54) is 28.6 Å². The number of amides is 1. The fraction of sp³-hybridized carbons (Fsp3) is 0.417. The van der Waals surface area contributed by atoms with Crippen LogP contribution in [0.5, 0.6) is 5.75 Å². The zero-order valence-electron chi connectivity index (χ0n) is 11.5. The van der Waals surface area contributed by atoms with Crippen molar-refractivity contribution >= 4 is 15.9 Å². The molecule has 1 aromatic rings. The van der Waals surface area contributed by atoms with Crippen molar-refractivity contribution in [1.82, 2.24) is 9.73 Å². The van der Waals surface area contributed by atoms with Gasteiger partial charge in [-0.3, -0.25) is 10.2 Å². The van der Waals surface area contributed by atoms with Crippen molar-refractivity contribution in [3.05, 3.63) is 24.3 Å². The Bertz CT molecular complexity index is 538. The van der Waals surface area contributed by atoms with Crippen molar-refractivity contribution < 1.29 is 17.9 Å². The summed E-state index contributed by atoms with van der Waals surface area (Å²) in [5.41, 5.74) is 1.93. The maximum Gasteiger partial charge on any atom is 0.271 e. The van der Waals surface area contributed by atoms with E-state index in [1.807, 2.05) is 5.43 Å². The second kappa shape index (κ2) is 7.22. The van der Waals surface area contributed by atoms with Gasteiger partial charge in [0.2, 0.25) is 10.0 Å². The van der Waals surface area contributed by atoms with Crippen LogP contribution in [-0.2, 0) is 14.8 Å². The van der Waals surface area contributed by atoms with Gasteiger partial charge in [0, 0.05) is 13.1 Å². The molecule has 0 fully saturated rings. The molecule has 0 bridgehead atoms. The molecule has 1 aromatic carbocycles. The molecule has 0 aliphatic heterocycles. The molecule has 1 rings (SSSR count). The van der Waals surface area contributed by atoms with E-state index in [4.69, 9.17) is 10.6 Å². The molecule has 0 aromatic heterocycles. The summed E-state index contributed by atoms with van der Waals surface area (Å²) in [6.07, 6.45) is 0. The number of nitrogens with two attached hydrogens (primary N) is 1. The molecular weight excluding hydrogens is 282 g/mol.